The van der Waals surface area contributed by atoms with E-state index in [1.54, 1.807) is 19.1 Å². The quantitative estimate of drug-likeness (QED) is 0.589. The van der Waals surface area contributed by atoms with E-state index in [2.05, 4.69) is 8.92 Å². The molecule has 1 aromatic rings. The molecule has 0 aliphatic rings. The maximum atomic E-state index is 12.3. The largest absolute Gasteiger partial charge is 0.468 e. The van der Waals surface area contributed by atoms with Gasteiger partial charge in [-0.25, -0.2) is 0 Å². The Labute approximate surface area is 129 Å². The molecule has 0 aliphatic carbocycles. The molecular formula is C14H19NO6S. The Balaban J connectivity index is 3.01. The van der Waals surface area contributed by atoms with E-state index in [0.29, 0.717) is 5.56 Å². The fourth-order valence-electron chi connectivity index (χ4n) is 1.87. The van der Waals surface area contributed by atoms with Crippen molar-refractivity contribution in [3.8, 4) is 0 Å². The van der Waals surface area contributed by atoms with Gasteiger partial charge in [0.1, 0.15) is 6.04 Å². The summed E-state index contributed by atoms with van der Waals surface area (Å²) in [5.41, 5.74) is 2.07. The number of rotatable bonds is 7. The molecule has 1 aromatic carbocycles. The molecule has 0 spiro atoms. The molecule has 22 heavy (non-hydrogen) atoms. The van der Waals surface area contributed by atoms with Gasteiger partial charge in [-0.2, -0.15) is 13.1 Å². The lowest BCUT2D eigenvalue weighted by Gasteiger charge is -2.15. The number of carbonyl (C=O) groups is 2. The number of esters is 1. The van der Waals surface area contributed by atoms with Crippen molar-refractivity contribution in [1.29, 1.82) is 0 Å². The van der Waals surface area contributed by atoms with Crippen LogP contribution in [0, 0.1) is 13.8 Å². The van der Waals surface area contributed by atoms with Crippen LogP contribution in [0.15, 0.2) is 18.2 Å². The summed E-state index contributed by atoms with van der Waals surface area (Å²) in [6.07, 6.45) is -0.362. The molecule has 0 radical (unpaired) electrons. The second kappa shape index (κ2) is 7.48. The predicted octanol–water partition coefficient (Wildman–Crippen LogP) is 0.899. The number of methoxy groups -OCH3 is 1. The van der Waals surface area contributed by atoms with Crippen LogP contribution in [-0.4, -0.2) is 40.4 Å². The van der Waals surface area contributed by atoms with Gasteiger partial charge in [-0.15, -0.1) is 0 Å². The molecule has 0 amide bonds. The molecule has 8 heteroatoms. The van der Waals surface area contributed by atoms with Crippen LogP contribution in [0.25, 0.3) is 0 Å². The van der Waals surface area contributed by atoms with Gasteiger partial charge in [-0.3, -0.25) is 13.8 Å². The number of Topliss-reactive ketones (excluding diaryl/α,β-unsaturated/α-hetero) is 1. The molecule has 1 N–H and O–H groups in total. The third-order valence-electron chi connectivity index (χ3n) is 3.07. The van der Waals surface area contributed by atoms with E-state index in [-0.39, 0.29) is 12.2 Å². The van der Waals surface area contributed by atoms with Crippen LogP contribution in [0.2, 0.25) is 0 Å². The van der Waals surface area contributed by atoms with Gasteiger partial charge in [0.15, 0.2) is 5.78 Å². The fraction of sp³-hybridized carbons (Fsp3) is 0.429. The normalized spacial score (nSPS) is 12.7. The molecule has 1 unspecified atom stereocenters. The zero-order valence-corrected chi connectivity index (χ0v) is 13.7. The Bertz CT molecular complexity index is 668. The van der Waals surface area contributed by atoms with Crippen LogP contribution in [0.4, 0.5) is 0 Å². The highest BCUT2D eigenvalue weighted by Crippen LogP contribution is 2.14. The van der Waals surface area contributed by atoms with Crippen molar-refractivity contribution in [3.05, 3.63) is 34.9 Å². The van der Waals surface area contributed by atoms with Crippen molar-refractivity contribution in [1.82, 2.24) is 4.72 Å². The number of aryl methyl sites for hydroxylation is 2. The summed E-state index contributed by atoms with van der Waals surface area (Å²) in [5, 5.41) is 0. The molecule has 0 aromatic heterocycles. The molecule has 0 saturated carbocycles. The van der Waals surface area contributed by atoms with E-state index >= 15 is 0 Å². The van der Waals surface area contributed by atoms with Gasteiger partial charge >= 0.3 is 16.3 Å². The number of nitrogens with one attached hydrogen (secondary N) is 1. The van der Waals surface area contributed by atoms with Crippen LogP contribution < -0.4 is 4.72 Å². The Morgan fingerprint density at radius 1 is 1.23 bits per heavy atom. The first-order valence-electron chi connectivity index (χ1n) is 6.46. The summed E-state index contributed by atoms with van der Waals surface area (Å²) < 4.78 is 33.6. The van der Waals surface area contributed by atoms with Crippen LogP contribution in [-0.2, 0) is 24.0 Å². The van der Waals surface area contributed by atoms with Gasteiger partial charge in [0.2, 0.25) is 0 Å². The number of ether oxygens (including phenoxy) is 1. The monoisotopic (exact) mass is 329 g/mol. The molecule has 122 valence electrons. The maximum absolute atomic E-state index is 12.3. The Hall–Kier alpha value is -1.77. The van der Waals surface area contributed by atoms with Gasteiger partial charge < -0.3 is 4.74 Å². The minimum absolute atomic E-state index is 0.362. The highest BCUT2D eigenvalue weighted by Gasteiger charge is 2.28. The van der Waals surface area contributed by atoms with Gasteiger partial charge in [-0.05, 0) is 25.5 Å². The van der Waals surface area contributed by atoms with Crippen molar-refractivity contribution in [2.24, 2.45) is 0 Å². The Kier molecular flexibility index (Phi) is 6.21. The van der Waals surface area contributed by atoms with E-state index in [4.69, 9.17) is 0 Å². The fourth-order valence-corrected chi connectivity index (χ4v) is 2.49. The maximum Gasteiger partial charge on any atom is 0.336 e. The summed E-state index contributed by atoms with van der Waals surface area (Å²) in [5.74, 6) is -1.23. The lowest BCUT2D eigenvalue weighted by Crippen LogP contribution is -2.43. The third-order valence-corrected chi connectivity index (χ3v) is 4.09. The molecule has 0 aliphatic heterocycles. The predicted molar refractivity (Wildman–Crippen MR) is 79.7 cm³/mol. The molecule has 7 nitrogen and oxygen atoms in total. The topological polar surface area (TPSA) is 98.8 Å². The van der Waals surface area contributed by atoms with Crippen molar-refractivity contribution < 1.29 is 26.9 Å². The minimum atomic E-state index is -4.12. The molecular weight excluding hydrogens is 310 g/mol. The second-order valence-corrected chi connectivity index (χ2v) is 6.24. The molecule has 0 fully saturated rings. The number of hydrogen-bond donors (Lipinski definition) is 1. The lowest BCUT2D eigenvalue weighted by atomic mass is 9.98. The van der Waals surface area contributed by atoms with Crippen molar-refractivity contribution in [2.45, 2.75) is 26.3 Å². The smallest absolute Gasteiger partial charge is 0.336 e. The lowest BCUT2D eigenvalue weighted by molar-refractivity contribution is -0.142. The first-order chi connectivity index (χ1) is 10.2. The number of hydrogen-bond acceptors (Lipinski definition) is 6. The highest BCUT2D eigenvalue weighted by atomic mass is 32.2. The zero-order valence-electron chi connectivity index (χ0n) is 12.9. The Morgan fingerprint density at radius 3 is 2.41 bits per heavy atom. The second-order valence-electron chi connectivity index (χ2n) is 4.76. The molecule has 0 bridgehead atoms. The van der Waals surface area contributed by atoms with Crippen LogP contribution in [0.1, 0.15) is 27.9 Å². The SMILES string of the molecule is COC(=O)C(CC(=O)c1cc(C)ccc1C)NS(=O)(=O)OC. The number of carbonyl (C=O) groups excluding carboxylic acids is 2. The van der Waals surface area contributed by atoms with E-state index in [9.17, 15) is 18.0 Å². The molecule has 0 saturated heterocycles. The van der Waals surface area contributed by atoms with Gasteiger partial charge in [0, 0.05) is 12.0 Å². The van der Waals surface area contributed by atoms with Crippen LogP contribution in [0.5, 0.6) is 0 Å². The summed E-state index contributed by atoms with van der Waals surface area (Å²) in [4.78, 5) is 24.0. The first kappa shape index (κ1) is 18.3. The van der Waals surface area contributed by atoms with Crippen molar-refractivity contribution in [2.75, 3.05) is 14.2 Å². The molecule has 1 rings (SSSR count). The standard InChI is InChI=1S/C14H19NO6S/c1-9-5-6-10(2)11(7-9)13(16)8-12(14(17)20-3)15-22(18,19)21-4/h5-7,12,15H,8H2,1-4H3. The van der Waals surface area contributed by atoms with Crippen LogP contribution >= 0.6 is 0 Å². The van der Waals surface area contributed by atoms with E-state index in [1.165, 1.54) is 0 Å². The van der Waals surface area contributed by atoms with Crippen molar-refractivity contribution in [3.63, 3.8) is 0 Å². The average molecular weight is 329 g/mol. The zero-order chi connectivity index (χ0) is 16.9. The van der Waals surface area contributed by atoms with Gasteiger partial charge in [0.05, 0.1) is 14.2 Å². The number of benzene rings is 1. The van der Waals surface area contributed by atoms with Gasteiger partial charge in [0.25, 0.3) is 0 Å². The third kappa shape index (κ3) is 4.90. The van der Waals surface area contributed by atoms with Crippen molar-refractivity contribution >= 4 is 22.1 Å². The van der Waals surface area contributed by atoms with E-state index in [0.717, 1.165) is 25.3 Å². The summed E-state index contributed by atoms with van der Waals surface area (Å²) in [7, 11) is -2.07. The Morgan fingerprint density at radius 2 is 1.86 bits per heavy atom. The van der Waals surface area contributed by atoms with Gasteiger partial charge in [-0.1, -0.05) is 17.7 Å². The molecule has 1 atom stereocenters. The summed E-state index contributed by atoms with van der Waals surface area (Å²) >= 11 is 0. The van der Waals surface area contributed by atoms with E-state index in [1.807, 2.05) is 17.7 Å². The minimum Gasteiger partial charge on any atom is -0.468 e. The average Bonchev–Trinajstić information content (AvgIpc) is 2.47. The van der Waals surface area contributed by atoms with Crippen LogP contribution in [0.3, 0.4) is 0 Å². The highest BCUT2D eigenvalue weighted by molar-refractivity contribution is 7.84. The number of ketones is 1. The molecule has 0 heterocycles. The summed E-state index contributed by atoms with van der Waals surface area (Å²) in [6.45, 7) is 3.60. The first-order valence-corrected chi connectivity index (χ1v) is 7.87. The summed E-state index contributed by atoms with van der Waals surface area (Å²) in [6, 6.07) is 3.99. The van der Waals surface area contributed by atoms with E-state index < -0.39 is 22.3 Å².